The molecule has 146 valence electrons. The van der Waals surface area contributed by atoms with Crippen LogP contribution in [0.1, 0.15) is 17.7 Å². The van der Waals surface area contributed by atoms with E-state index < -0.39 is 11.0 Å². The van der Waals surface area contributed by atoms with E-state index in [1.807, 2.05) is 23.1 Å². The molecule has 1 atom stereocenters. The second-order valence-corrected chi connectivity index (χ2v) is 7.41. The van der Waals surface area contributed by atoms with E-state index in [2.05, 4.69) is 11.1 Å². The van der Waals surface area contributed by atoms with Gasteiger partial charge in [0.25, 0.3) is 11.6 Å². The van der Waals surface area contributed by atoms with Crippen LogP contribution in [0.2, 0.25) is 0 Å². The van der Waals surface area contributed by atoms with E-state index in [-0.39, 0.29) is 23.9 Å². The third kappa shape index (κ3) is 2.80. The number of fused-ring (bicyclic) bond motifs is 3. The van der Waals surface area contributed by atoms with Gasteiger partial charge in [0.2, 0.25) is 5.91 Å². The van der Waals surface area contributed by atoms with Crippen LogP contribution < -0.4 is 4.90 Å². The van der Waals surface area contributed by atoms with Crippen LogP contribution in [0.25, 0.3) is 10.9 Å². The molecule has 1 saturated heterocycles. The first-order valence-electron chi connectivity index (χ1n) is 9.46. The van der Waals surface area contributed by atoms with Crippen LogP contribution in [0.15, 0.2) is 48.5 Å². The first-order chi connectivity index (χ1) is 14.0. The summed E-state index contributed by atoms with van der Waals surface area (Å²) in [7, 11) is 0. The summed E-state index contributed by atoms with van der Waals surface area (Å²) in [6, 6.07) is 13.1. The minimum Gasteiger partial charge on any atom is -0.357 e. The van der Waals surface area contributed by atoms with Gasteiger partial charge in [-0.15, -0.1) is 0 Å². The largest absolute Gasteiger partial charge is 0.357 e. The van der Waals surface area contributed by atoms with Crippen molar-refractivity contribution in [3.05, 3.63) is 69.9 Å². The van der Waals surface area contributed by atoms with Crippen LogP contribution in [0.3, 0.4) is 0 Å². The summed E-state index contributed by atoms with van der Waals surface area (Å²) in [5.41, 5.74) is 3.75. The van der Waals surface area contributed by atoms with E-state index in [0.29, 0.717) is 18.8 Å². The molecule has 1 aromatic heterocycles. The highest BCUT2D eigenvalue weighted by Crippen LogP contribution is 2.32. The van der Waals surface area contributed by atoms with Crippen molar-refractivity contribution in [1.29, 1.82) is 0 Å². The fourth-order valence-electron chi connectivity index (χ4n) is 4.38. The number of para-hydroxylation sites is 1. The van der Waals surface area contributed by atoms with Gasteiger partial charge in [0, 0.05) is 41.8 Å². The number of carbonyl (C=O) groups excluding carboxylic acids is 2. The Hall–Kier alpha value is -3.52. The number of imide groups is 1. The molecule has 0 radical (unpaired) electrons. The summed E-state index contributed by atoms with van der Waals surface area (Å²) in [5.74, 6) is -0.556. The van der Waals surface area contributed by atoms with Crippen molar-refractivity contribution in [2.45, 2.75) is 25.4 Å². The second-order valence-electron chi connectivity index (χ2n) is 7.41. The van der Waals surface area contributed by atoms with Gasteiger partial charge in [-0.1, -0.05) is 18.2 Å². The first kappa shape index (κ1) is 17.6. The number of carbonyl (C=O) groups is 2. The van der Waals surface area contributed by atoms with E-state index in [1.54, 1.807) is 0 Å². The van der Waals surface area contributed by atoms with Crippen LogP contribution in [0, 0.1) is 10.1 Å². The number of rotatable bonds is 3. The number of nitrogens with one attached hydrogen (secondary N) is 1. The first-order valence-corrected chi connectivity index (χ1v) is 9.46. The molecule has 1 N–H and O–H groups in total. The fraction of sp³-hybridized carbons (Fsp3) is 0.238. The van der Waals surface area contributed by atoms with E-state index in [1.165, 1.54) is 35.2 Å². The van der Waals surface area contributed by atoms with Crippen LogP contribution in [0.5, 0.6) is 0 Å². The second kappa shape index (κ2) is 6.52. The summed E-state index contributed by atoms with van der Waals surface area (Å²) in [5, 5.41) is 12.0. The zero-order valence-electron chi connectivity index (χ0n) is 15.5. The number of aromatic amines is 1. The molecule has 29 heavy (non-hydrogen) atoms. The normalized spacial score (nSPS) is 19.7. The molecule has 2 aliphatic heterocycles. The predicted octanol–water partition coefficient (Wildman–Crippen LogP) is 2.77. The Morgan fingerprint density at radius 1 is 1.07 bits per heavy atom. The highest BCUT2D eigenvalue weighted by Gasteiger charge is 2.43. The Morgan fingerprint density at radius 2 is 1.83 bits per heavy atom. The van der Waals surface area contributed by atoms with E-state index in [9.17, 15) is 19.7 Å². The number of H-pyrrole nitrogens is 1. The molecule has 3 heterocycles. The maximum absolute atomic E-state index is 13.0. The van der Waals surface area contributed by atoms with Crippen molar-refractivity contribution in [2.75, 3.05) is 11.4 Å². The molecule has 0 unspecified atom stereocenters. The number of nitrogens with zero attached hydrogens (tertiary/aromatic N) is 3. The molecule has 2 amide bonds. The SMILES string of the molecule is O=C1C[C@H](N2CCc3c([nH]c4ccccc34)C2)C(=O)N1c1ccc([N+](=O)[O-])cc1. The summed E-state index contributed by atoms with van der Waals surface area (Å²) >= 11 is 0. The van der Waals surface area contributed by atoms with Gasteiger partial charge in [-0.3, -0.25) is 24.6 Å². The Labute approximate surface area is 165 Å². The Balaban J connectivity index is 1.39. The zero-order valence-corrected chi connectivity index (χ0v) is 15.5. The lowest BCUT2D eigenvalue weighted by molar-refractivity contribution is -0.384. The molecule has 3 aromatic rings. The van der Waals surface area contributed by atoms with Gasteiger partial charge in [0.05, 0.1) is 23.1 Å². The molecule has 5 rings (SSSR count). The number of benzene rings is 2. The van der Waals surface area contributed by atoms with Crippen molar-refractivity contribution in [2.24, 2.45) is 0 Å². The maximum Gasteiger partial charge on any atom is 0.269 e. The van der Waals surface area contributed by atoms with E-state index in [0.717, 1.165) is 22.5 Å². The number of aromatic nitrogens is 1. The highest BCUT2D eigenvalue weighted by atomic mass is 16.6. The molecule has 8 nitrogen and oxygen atoms in total. The predicted molar refractivity (Wildman–Crippen MR) is 106 cm³/mol. The average Bonchev–Trinajstić information content (AvgIpc) is 3.24. The van der Waals surface area contributed by atoms with Gasteiger partial charge in [-0.25, -0.2) is 4.90 Å². The highest BCUT2D eigenvalue weighted by molar-refractivity contribution is 6.22. The van der Waals surface area contributed by atoms with Crippen molar-refractivity contribution in [3.8, 4) is 0 Å². The van der Waals surface area contributed by atoms with E-state index in [4.69, 9.17) is 0 Å². The van der Waals surface area contributed by atoms with Gasteiger partial charge in [0.15, 0.2) is 0 Å². The fourth-order valence-corrected chi connectivity index (χ4v) is 4.38. The number of hydrogen-bond donors (Lipinski definition) is 1. The molecule has 0 spiro atoms. The average molecular weight is 390 g/mol. The quantitative estimate of drug-likeness (QED) is 0.421. The summed E-state index contributed by atoms with van der Waals surface area (Å²) in [6.45, 7) is 1.29. The van der Waals surface area contributed by atoms with Crippen molar-refractivity contribution < 1.29 is 14.5 Å². The number of hydrogen-bond acceptors (Lipinski definition) is 5. The molecule has 1 fully saturated rings. The Morgan fingerprint density at radius 3 is 2.59 bits per heavy atom. The van der Waals surface area contributed by atoms with E-state index >= 15 is 0 Å². The third-order valence-electron chi connectivity index (χ3n) is 5.79. The minimum atomic E-state index is -0.516. The summed E-state index contributed by atoms with van der Waals surface area (Å²) in [4.78, 5) is 42.6. The van der Waals surface area contributed by atoms with Crippen molar-refractivity contribution in [1.82, 2.24) is 9.88 Å². The summed E-state index contributed by atoms with van der Waals surface area (Å²) in [6.07, 6.45) is 0.931. The number of anilines is 1. The van der Waals surface area contributed by atoms with Gasteiger partial charge in [-0.2, -0.15) is 0 Å². The van der Waals surface area contributed by atoms with Gasteiger partial charge >= 0.3 is 0 Å². The van der Waals surface area contributed by atoms with Crippen molar-refractivity contribution >= 4 is 34.1 Å². The third-order valence-corrected chi connectivity index (χ3v) is 5.79. The lowest BCUT2D eigenvalue weighted by Gasteiger charge is -2.30. The topological polar surface area (TPSA) is 99.6 Å². The summed E-state index contributed by atoms with van der Waals surface area (Å²) < 4.78 is 0. The molecule has 0 aliphatic carbocycles. The van der Waals surface area contributed by atoms with Crippen molar-refractivity contribution in [3.63, 3.8) is 0 Å². The van der Waals surface area contributed by atoms with Gasteiger partial charge in [0.1, 0.15) is 0 Å². The lowest BCUT2D eigenvalue weighted by atomic mass is 10.0. The number of nitro benzene ring substituents is 1. The standard InChI is InChI=1S/C21H18N4O4/c26-20-11-19(21(27)24(20)13-5-7-14(8-6-13)25(28)29)23-10-9-16-15-3-1-2-4-17(15)22-18(16)12-23/h1-8,19,22H,9-12H2/t19-/m0/s1. The zero-order chi connectivity index (χ0) is 20.1. The van der Waals surface area contributed by atoms with Crippen LogP contribution in [0.4, 0.5) is 11.4 Å². The molecule has 2 aromatic carbocycles. The maximum atomic E-state index is 13.0. The molecule has 2 aliphatic rings. The van der Waals surface area contributed by atoms with Crippen LogP contribution in [-0.2, 0) is 22.6 Å². The van der Waals surface area contributed by atoms with Gasteiger partial charge < -0.3 is 4.98 Å². The molecular weight excluding hydrogens is 372 g/mol. The number of amides is 2. The lowest BCUT2D eigenvalue weighted by Crippen LogP contribution is -2.44. The molecular formula is C21H18N4O4. The number of nitro groups is 1. The monoisotopic (exact) mass is 390 g/mol. The Kier molecular flexibility index (Phi) is 3.95. The van der Waals surface area contributed by atoms with Crippen LogP contribution >= 0.6 is 0 Å². The number of non-ortho nitro benzene ring substituents is 1. The molecule has 0 saturated carbocycles. The Bertz CT molecular complexity index is 1150. The van der Waals surface area contributed by atoms with Crippen LogP contribution in [-0.4, -0.2) is 39.2 Å². The molecule has 0 bridgehead atoms. The smallest absolute Gasteiger partial charge is 0.269 e. The van der Waals surface area contributed by atoms with Gasteiger partial charge in [-0.05, 0) is 30.2 Å². The molecule has 8 heteroatoms. The minimum absolute atomic E-state index is 0.0771.